The molecule has 0 unspecified atom stereocenters. The molecular formula is C18H19BrN2O2S. The van der Waals surface area contributed by atoms with Gasteiger partial charge in [-0.2, -0.15) is 0 Å². The maximum absolute atomic E-state index is 12.7. The van der Waals surface area contributed by atoms with Crippen LogP contribution in [0.5, 0.6) is 5.75 Å². The zero-order valence-electron chi connectivity index (χ0n) is 13.6. The zero-order valence-corrected chi connectivity index (χ0v) is 16.0. The van der Waals surface area contributed by atoms with Crippen LogP contribution in [-0.2, 0) is 12.8 Å². The van der Waals surface area contributed by atoms with E-state index in [1.54, 1.807) is 18.4 Å². The Balaban J connectivity index is 1.67. The first kappa shape index (κ1) is 16.0. The van der Waals surface area contributed by atoms with Crippen LogP contribution in [0.4, 0.5) is 5.00 Å². The number of carbonyl (C=O) groups is 1. The molecule has 4 nitrogen and oxygen atoms in total. The predicted octanol–water partition coefficient (Wildman–Crippen LogP) is 4.50. The third kappa shape index (κ3) is 2.62. The molecule has 2 heterocycles. The SMILES string of the molecule is COc1ccc([C@@H]2NC(=O)c3c(sc4c3CC[C@@H](C)C4)N2)cc1Br. The summed E-state index contributed by atoms with van der Waals surface area (Å²) in [6, 6.07) is 5.86. The van der Waals surface area contributed by atoms with Crippen molar-refractivity contribution in [1.82, 2.24) is 5.32 Å². The van der Waals surface area contributed by atoms with Crippen molar-refractivity contribution in [2.24, 2.45) is 5.92 Å². The molecule has 0 saturated heterocycles. The number of fused-ring (bicyclic) bond motifs is 3. The summed E-state index contributed by atoms with van der Waals surface area (Å²) >= 11 is 5.26. The number of halogens is 1. The Hall–Kier alpha value is -1.53. The fourth-order valence-electron chi connectivity index (χ4n) is 3.49. The first-order chi connectivity index (χ1) is 11.6. The lowest BCUT2D eigenvalue weighted by Gasteiger charge is -2.27. The molecule has 1 aromatic carbocycles. The van der Waals surface area contributed by atoms with Crippen LogP contribution in [-0.4, -0.2) is 13.0 Å². The summed E-state index contributed by atoms with van der Waals surface area (Å²) in [6.45, 7) is 2.28. The van der Waals surface area contributed by atoms with E-state index in [1.807, 2.05) is 18.2 Å². The van der Waals surface area contributed by atoms with Gasteiger partial charge in [-0.15, -0.1) is 11.3 Å². The van der Waals surface area contributed by atoms with E-state index in [0.29, 0.717) is 5.92 Å². The predicted molar refractivity (Wildman–Crippen MR) is 100 cm³/mol. The average Bonchev–Trinajstić information content (AvgIpc) is 2.92. The smallest absolute Gasteiger partial charge is 0.256 e. The highest BCUT2D eigenvalue weighted by Crippen LogP contribution is 2.42. The minimum Gasteiger partial charge on any atom is -0.496 e. The topological polar surface area (TPSA) is 50.4 Å². The van der Waals surface area contributed by atoms with Crippen molar-refractivity contribution in [3.63, 3.8) is 0 Å². The Kier molecular flexibility index (Phi) is 4.04. The third-order valence-corrected chi connectivity index (χ3v) is 6.60. The number of hydrogen-bond acceptors (Lipinski definition) is 4. The number of methoxy groups -OCH3 is 1. The molecular weight excluding hydrogens is 388 g/mol. The number of carbonyl (C=O) groups excluding carboxylic acids is 1. The Bertz CT molecular complexity index is 818. The second-order valence-corrected chi connectivity index (χ2v) is 8.46. The molecule has 0 bridgehead atoms. The average molecular weight is 407 g/mol. The number of benzene rings is 1. The fourth-order valence-corrected chi connectivity index (χ4v) is 5.49. The molecule has 1 amide bonds. The van der Waals surface area contributed by atoms with Gasteiger partial charge in [0, 0.05) is 4.88 Å². The van der Waals surface area contributed by atoms with Gasteiger partial charge in [0.25, 0.3) is 5.91 Å². The molecule has 6 heteroatoms. The van der Waals surface area contributed by atoms with E-state index >= 15 is 0 Å². The normalized spacial score (nSPS) is 22.2. The number of anilines is 1. The zero-order chi connectivity index (χ0) is 16.8. The van der Waals surface area contributed by atoms with Crippen LogP contribution in [0.25, 0.3) is 0 Å². The van der Waals surface area contributed by atoms with Crippen molar-refractivity contribution in [2.75, 3.05) is 12.4 Å². The Morgan fingerprint density at radius 3 is 2.92 bits per heavy atom. The summed E-state index contributed by atoms with van der Waals surface area (Å²) in [5.41, 5.74) is 3.12. The minimum atomic E-state index is -0.218. The third-order valence-electron chi connectivity index (χ3n) is 4.80. The Morgan fingerprint density at radius 1 is 1.33 bits per heavy atom. The largest absolute Gasteiger partial charge is 0.496 e. The van der Waals surface area contributed by atoms with Crippen LogP contribution in [0.1, 0.15) is 45.9 Å². The molecule has 2 aromatic rings. The summed E-state index contributed by atoms with van der Waals surface area (Å²) in [5, 5.41) is 7.61. The van der Waals surface area contributed by atoms with E-state index in [4.69, 9.17) is 4.74 Å². The van der Waals surface area contributed by atoms with Gasteiger partial charge >= 0.3 is 0 Å². The van der Waals surface area contributed by atoms with Crippen molar-refractivity contribution in [2.45, 2.75) is 32.4 Å². The number of thiophene rings is 1. The van der Waals surface area contributed by atoms with Gasteiger partial charge in [0.15, 0.2) is 0 Å². The van der Waals surface area contributed by atoms with Gasteiger partial charge in [-0.05, 0) is 64.4 Å². The van der Waals surface area contributed by atoms with Crippen molar-refractivity contribution >= 4 is 38.2 Å². The summed E-state index contributed by atoms with van der Waals surface area (Å²) < 4.78 is 6.16. The molecule has 0 fully saturated rings. The van der Waals surface area contributed by atoms with Crippen LogP contribution < -0.4 is 15.4 Å². The highest BCUT2D eigenvalue weighted by atomic mass is 79.9. The number of rotatable bonds is 2. The maximum Gasteiger partial charge on any atom is 0.256 e. The highest BCUT2D eigenvalue weighted by Gasteiger charge is 2.33. The van der Waals surface area contributed by atoms with Crippen LogP contribution >= 0.6 is 27.3 Å². The van der Waals surface area contributed by atoms with E-state index < -0.39 is 0 Å². The summed E-state index contributed by atoms with van der Waals surface area (Å²) in [4.78, 5) is 14.1. The lowest BCUT2D eigenvalue weighted by molar-refractivity contribution is 0.0935. The van der Waals surface area contributed by atoms with Crippen LogP contribution in [0.15, 0.2) is 22.7 Å². The minimum absolute atomic E-state index is 0.0349. The van der Waals surface area contributed by atoms with E-state index in [1.165, 1.54) is 10.4 Å². The second kappa shape index (κ2) is 6.08. The van der Waals surface area contributed by atoms with Crippen molar-refractivity contribution in [1.29, 1.82) is 0 Å². The number of ether oxygens (including phenoxy) is 1. The van der Waals surface area contributed by atoms with Crippen molar-refractivity contribution in [3.05, 3.63) is 44.2 Å². The van der Waals surface area contributed by atoms with E-state index in [2.05, 4.69) is 33.5 Å². The summed E-state index contributed by atoms with van der Waals surface area (Å²) in [5.74, 6) is 1.52. The summed E-state index contributed by atoms with van der Waals surface area (Å²) in [6.07, 6.45) is 3.04. The molecule has 2 atom stereocenters. The highest BCUT2D eigenvalue weighted by molar-refractivity contribution is 9.10. The number of nitrogens with one attached hydrogen (secondary N) is 2. The first-order valence-electron chi connectivity index (χ1n) is 8.12. The number of hydrogen-bond donors (Lipinski definition) is 2. The molecule has 1 aliphatic heterocycles. The van der Waals surface area contributed by atoms with E-state index in [0.717, 1.165) is 45.6 Å². The van der Waals surface area contributed by atoms with E-state index in [-0.39, 0.29) is 12.1 Å². The second-order valence-electron chi connectivity index (χ2n) is 6.50. The first-order valence-corrected chi connectivity index (χ1v) is 9.73. The van der Waals surface area contributed by atoms with Gasteiger partial charge in [0.2, 0.25) is 0 Å². The molecule has 0 radical (unpaired) electrons. The van der Waals surface area contributed by atoms with Crippen LogP contribution in [0.3, 0.4) is 0 Å². The molecule has 0 spiro atoms. The molecule has 4 rings (SSSR count). The van der Waals surface area contributed by atoms with Crippen molar-refractivity contribution in [3.8, 4) is 5.75 Å². The van der Waals surface area contributed by atoms with Gasteiger partial charge in [-0.25, -0.2) is 0 Å². The fraction of sp³-hybridized carbons (Fsp3) is 0.389. The molecule has 2 N–H and O–H groups in total. The standard InChI is InChI=1S/C18H19BrN2O2S/c1-9-3-5-11-14(7-9)24-18-15(11)17(22)20-16(21-18)10-4-6-13(23-2)12(19)8-10/h4,6,8-9,16,21H,3,5,7H2,1-2H3,(H,20,22)/t9-,16-/m1/s1. The molecule has 0 saturated carbocycles. The Morgan fingerprint density at radius 2 is 2.17 bits per heavy atom. The van der Waals surface area contributed by atoms with Gasteiger partial charge < -0.3 is 15.4 Å². The molecule has 1 aliphatic carbocycles. The van der Waals surface area contributed by atoms with Gasteiger partial charge in [-0.3, -0.25) is 4.79 Å². The lowest BCUT2D eigenvalue weighted by Crippen LogP contribution is -2.38. The summed E-state index contributed by atoms with van der Waals surface area (Å²) in [7, 11) is 1.64. The molecule has 2 aliphatic rings. The van der Waals surface area contributed by atoms with Gasteiger partial charge in [0.05, 0.1) is 17.1 Å². The Labute approximate surface area is 153 Å². The van der Waals surface area contributed by atoms with Crippen LogP contribution in [0, 0.1) is 5.92 Å². The monoisotopic (exact) mass is 406 g/mol. The quantitative estimate of drug-likeness (QED) is 0.771. The van der Waals surface area contributed by atoms with Crippen molar-refractivity contribution < 1.29 is 9.53 Å². The van der Waals surface area contributed by atoms with Gasteiger partial charge in [0.1, 0.15) is 16.9 Å². The maximum atomic E-state index is 12.7. The van der Waals surface area contributed by atoms with E-state index in [9.17, 15) is 4.79 Å². The molecule has 24 heavy (non-hydrogen) atoms. The number of amides is 1. The lowest BCUT2D eigenvalue weighted by atomic mass is 9.88. The molecule has 126 valence electrons. The van der Waals surface area contributed by atoms with Gasteiger partial charge in [-0.1, -0.05) is 13.0 Å². The van der Waals surface area contributed by atoms with Crippen LogP contribution in [0.2, 0.25) is 0 Å². The molecule has 1 aromatic heterocycles.